The van der Waals surface area contributed by atoms with Crippen molar-refractivity contribution in [2.24, 2.45) is 0 Å². The van der Waals surface area contributed by atoms with E-state index in [9.17, 15) is 17.6 Å². The molecule has 0 spiro atoms. The highest BCUT2D eigenvalue weighted by Crippen LogP contribution is 2.22. The normalized spacial score (nSPS) is 15.8. The Balaban J connectivity index is 1.61. The molecule has 140 valence electrons. The number of benzene rings is 1. The number of ether oxygens (including phenoxy) is 1. The van der Waals surface area contributed by atoms with Gasteiger partial charge in [-0.25, -0.2) is 17.5 Å². The average molecular weight is 382 g/mol. The summed E-state index contributed by atoms with van der Waals surface area (Å²) in [4.78, 5) is 13.7. The Morgan fingerprint density at radius 3 is 2.62 bits per heavy atom. The monoisotopic (exact) mass is 382 g/mol. The molecule has 0 radical (unpaired) electrons. The number of hydrogen-bond donors (Lipinski definition) is 1. The van der Waals surface area contributed by atoms with E-state index in [1.54, 1.807) is 11.0 Å². The minimum Gasteiger partial charge on any atom is -0.494 e. The number of halogens is 1. The number of amides is 1. The van der Waals surface area contributed by atoms with Crippen LogP contribution in [0.3, 0.4) is 0 Å². The van der Waals surface area contributed by atoms with Crippen molar-refractivity contribution in [1.82, 2.24) is 9.62 Å². The summed E-state index contributed by atoms with van der Waals surface area (Å²) in [6, 6.07) is 4.77. The van der Waals surface area contributed by atoms with E-state index in [0.29, 0.717) is 31.5 Å². The lowest BCUT2D eigenvalue weighted by atomic mass is 10.1. The van der Waals surface area contributed by atoms with E-state index in [1.165, 1.54) is 31.8 Å². The highest BCUT2D eigenvalue weighted by atomic mass is 32.2. The summed E-state index contributed by atoms with van der Waals surface area (Å²) in [7, 11) is -2.54. The Hall–Kier alpha value is -2.39. The second-order valence-corrected chi connectivity index (χ2v) is 7.71. The standard InChI is InChI=1S/C17H19FN2O5S/c1-24-16-3-2-14(10-15(16)18)26(22,23)19-13-4-7-20(8-5-13)17(21)12-6-9-25-11-12/h2-3,6,9-11,13,19H,4-5,7-8H2,1H3. The summed E-state index contributed by atoms with van der Waals surface area (Å²) in [5.41, 5.74) is 0.470. The van der Waals surface area contributed by atoms with Crippen LogP contribution in [0, 0.1) is 5.82 Å². The number of nitrogens with zero attached hydrogens (tertiary/aromatic N) is 1. The average Bonchev–Trinajstić information content (AvgIpc) is 3.16. The number of rotatable bonds is 5. The van der Waals surface area contributed by atoms with Gasteiger partial charge in [-0.1, -0.05) is 0 Å². The van der Waals surface area contributed by atoms with Crippen molar-refractivity contribution in [3.8, 4) is 5.75 Å². The molecule has 26 heavy (non-hydrogen) atoms. The molecule has 0 atom stereocenters. The van der Waals surface area contributed by atoms with Crippen LogP contribution >= 0.6 is 0 Å². The van der Waals surface area contributed by atoms with E-state index in [0.717, 1.165) is 6.07 Å². The molecule has 1 aromatic heterocycles. The van der Waals surface area contributed by atoms with E-state index < -0.39 is 15.8 Å². The molecule has 1 N–H and O–H groups in total. The second kappa shape index (κ2) is 7.46. The van der Waals surface area contributed by atoms with Crippen LogP contribution in [0.5, 0.6) is 5.75 Å². The highest BCUT2D eigenvalue weighted by Gasteiger charge is 2.28. The fraction of sp³-hybridized carbons (Fsp3) is 0.353. The van der Waals surface area contributed by atoms with Crippen LogP contribution < -0.4 is 9.46 Å². The first kappa shape index (κ1) is 18.4. The zero-order chi connectivity index (χ0) is 18.7. The first-order valence-corrected chi connectivity index (χ1v) is 9.56. The van der Waals surface area contributed by atoms with Crippen molar-refractivity contribution in [3.63, 3.8) is 0 Å². The third-order valence-corrected chi connectivity index (χ3v) is 5.82. The van der Waals surface area contributed by atoms with Crippen molar-refractivity contribution in [3.05, 3.63) is 48.2 Å². The number of hydrogen-bond acceptors (Lipinski definition) is 5. The van der Waals surface area contributed by atoms with Crippen LogP contribution in [0.1, 0.15) is 23.2 Å². The predicted octanol–water partition coefficient (Wildman–Crippen LogP) is 2.01. The van der Waals surface area contributed by atoms with Crippen LogP contribution in [0.2, 0.25) is 0 Å². The van der Waals surface area contributed by atoms with E-state index in [4.69, 9.17) is 9.15 Å². The van der Waals surface area contributed by atoms with Gasteiger partial charge in [-0.3, -0.25) is 4.79 Å². The van der Waals surface area contributed by atoms with Gasteiger partial charge < -0.3 is 14.1 Å². The van der Waals surface area contributed by atoms with Gasteiger partial charge in [0.1, 0.15) is 6.26 Å². The molecule has 1 amide bonds. The highest BCUT2D eigenvalue weighted by molar-refractivity contribution is 7.89. The smallest absolute Gasteiger partial charge is 0.257 e. The molecular weight excluding hydrogens is 363 g/mol. The van der Waals surface area contributed by atoms with Gasteiger partial charge in [0, 0.05) is 19.1 Å². The third-order valence-electron chi connectivity index (χ3n) is 4.31. The van der Waals surface area contributed by atoms with Crippen molar-refractivity contribution < 1.29 is 26.8 Å². The quantitative estimate of drug-likeness (QED) is 0.855. The van der Waals surface area contributed by atoms with Crippen LogP contribution in [0.4, 0.5) is 4.39 Å². The van der Waals surface area contributed by atoms with Crippen molar-refractivity contribution >= 4 is 15.9 Å². The van der Waals surface area contributed by atoms with Crippen molar-refractivity contribution in [1.29, 1.82) is 0 Å². The number of nitrogens with one attached hydrogen (secondary N) is 1. The van der Waals surface area contributed by atoms with E-state index in [2.05, 4.69) is 4.72 Å². The summed E-state index contributed by atoms with van der Waals surface area (Å²) in [5, 5.41) is 0. The van der Waals surface area contributed by atoms with Gasteiger partial charge in [-0.2, -0.15) is 0 Å². The lowest BCUT2D eigenvalue weighted by molar-refractivity contribution is 0.0710. The fourth-order valence-electron chi connectivity index (χ4n) is 2.87. The molecule has 1 aliphatic rings. The van der Waals surface area contributed by atoms with Gasteiger partial charge in [0.05, 0.1) is 23.8 Å². The molecule has 1 aliphatic heterocycles. The molecule has 7 nitrogen and oxygen atoms in total. The first-order chi connectivity index (χ1) is 12.4. The van der Waals surface area contributed by atoms with Crippen LogP contribution in [-0.4, -0.2) is 45.5 Å². The number of methoxy groups -OCH3 is 1. The molecule has 3 rings (SSSR count). The molecule has 1 aromatic carbocycles. The van der Waals surface area contributed by atoms with Gasteiger partial charge in [0.15, 0.2) is 11.6 Å². The van der Waals surface area contributed by atoms with E-state index >= 15 is 0 Å². The fourth-order valence-corrected chi connectivity index (χ4v) is 4.19. The van der Waals surface area contributed by atoms with Crippen LogP contribution in [0.25, 0.3) is 0 Å². The summed E-state index contributed by atoms with van der Waals surface area (Å²) in [6.45, 7) is 0.850. The van der Waals surface area contributed by atoms with Gasteiger partial charge in [-0.15, -0.1) is 0 Å². The molecule has 9 heteroatoms. The van der Waals surface area contributed by atoms with Crippen molar-refractivity contribution in [2.45, 2.75) is 23.8 Å². The Morgan fingerprint density at radius 2 is 2.04 bits per heavy atom. The first-order valence-electron chi connectivity index (χ1n) is 8.08. The molecular formula is C17H19FN2O5S. The molecule has 2 heterocycles. The largest absolute Gasteiger partial charge is 0.494 e. The molecule has 0 bridgehead atoms. The molecule has 0 saturated carbocycles. The number of piperidine rings is 1. The maximum atomic E-state index is 13.8. The lowest BCUT2D eigenvalue weighted by Gasteiger charge is -2.32. The Morgan fingerprint density at radius 1 is 1.31 bits per heavy atom. The minimum atomic E-state index is -3.85. The maximum Gasteiger partial charge on any atom is 0.257 e. The van der Waals surface area contributed by atoms with Gasteiger partial charge in [0.25, 0.3) is 5.91 Å². The maximum absolute atomic E-state index is 13.8. The van der Waals surface area contributed by atoms with Crippen molar-refractivity contribution in [2.75, 3.05) is 20.2 Å². The molecule has 1 saturated heterocycles. The molecule has 0 aliphatic carbocycles. The zero-order valence-electron chi connectivity index (χ0n) is 14.1. The summed E-state index contributed by atoms with van der Waals surface area (Å²) < 4.78 is 50.9. The van der Waals surface area contributed by atoms with Gasteiger partial charge in [0.2, 0.25) is 10.0 Å². The topological polar surface area (TPSA) is 88.9 Å². The number of carbonyl (C=O) groups is 1. The summed E-state index contributed by atoms with van der Waals surface area (Å²) in [6.07, 6.45) is 3.76. The van der Waals surface area contributed by atoms with Gasteiger partial charge >= 0.3 is 0 Å². The number of furan rings is 1. The molecule has 0 unspecified atom stereocenters. The number of sulfonamides is 1. The Kier molecular flexibility index (Phi) is 5.28. The van der Waals surface area contributed by atoms with Gasteiger partial charge in [-0.05, 0) is 37.1 Å². The summed E-state index contributed by atoms with van der Waals surface area (Å²) in [5.74, 6) is -0.900. The molecule has 1 fully saturated rings. The SMILES string of the molecule is COc1ccc(S(=O)(=O)NC2CCN(C(=O)c3ccoc3)CC2)cc1F. The van der Waals surface area contributed by atoms with E-state index in [-0.39, 0.29) is 22.6 Å². The predicted molar refractivity (Wildman–Crippen MR) is 90.9 cm³/mol. The van der Waals surface area contributed by atoms with Crippen LogP contribution in [-0.2, 0) is 10.0 Å². The minimum absolute atomic E-state index is 0.0185. The zero-order valence-corrected chi connectivity index (χ0v) is 15.0. The number of likely N-dealkylation sites (tertiary alicyclic amines) is 1. The third kappa shape index (κ3) is 3.88. The molecule has 2 aromatic rings. The van der Waals surface area contributed by atoms with Crippen LogP contribution in [0.15, 0.2) is 46.1 Å². The Labute approximate surface area is 150 Å². The number of carbonyl (C=O) groups excluding carboxylic acids is 1. The second-order valence-electron chi connectivity index (χ2n) is 6.00. The summed E-state index contributed by atoms with van der Waals surface area (Å²) >= 11 is 0. The Bertz CT molecular complexity index is 875. The van der Waals surface area contributed by atoms with E-state index in [1.807, 2.05) is 0 Å². The lowest BCUT2D eigenvalue weighted by Crippen LogP contribution is -2.46.